The van der Waals surface area contributed by atoms with Crippen LogP contribution < -0.4 is 10.5 Å². The minimum Gasteiger partial charge on any atom is -0.489 e. The molecule has 0 aromatic heterocycles. The smallest absolute Gasteiger partial charge is 0.341 e. The molecule has 4 nitrogen and oxygen atoms in total. The maximum atomic E-state index is 11.9. The first-order valence-corrected chi connectivity index (χ1v) is 7.45. The highest BCUT2D eigenvalue weighted by atomic mass is 16.5. The lowest BCUT2D eigenvalue weighted by Crippen LogP contribution is -2.34. The molecule has 116 valence electrons. The van der Waals surface area contributed by atoms with E-state index in [1.54, 1.807) is 18.2 Å². The van der Waals surface area contributed by atoms with Gasteiger partial charge in [0, 0.05) is 5.69 Å². The largest absolute Gasteiger partial charge is 0.489 e. The molecule has 0 spiro atoms. The number of ether oxygens (including phenoxy) is 2. The number of benzene rings is 1. The summed E-state index contributed by atoms with van der Waals surface area (Å²) in [6, 6.07) is 5.12. The Hall–Kier alpha value is -1.71. The van der Waals surface area contributed by atoms with Crippen LogP contribution in [0.2, 0.25) is 0 Å². The van der Waals surface area contributed by atoms with E-state index in [1.165, 1.54) is 13.5 Å². The van der Waals surface area contributed by atoms with Crippen molar-refractivity contribution in [2.24, 2.45) is 11.3 Å². The molecule has 2 atom stereocenters. The van der Waals surface area contributed by atoms with E-state index >= 15 is 0 Å². The van der Waals surface area contributed by atoms with E-state index in [0.717, 1.165) is 12.8 Å². The molecule has 1 saturated carbocycles. The van der Waals surface area contributed by atoms with Gasteiger partial charge in [-0.15, -0.1) is 0 Å². The zero-order valence-electron chi connectivity index (χ0n) is 13.3. The number of hydrogen-bond acceptors (Lipinski definition) is 4. The van der Waals surface area contributed by atoms with Crippen LogP contribution in [0.25, 0.3) is 0 Å². The molecule has 4 heteroatoms. The number of methoxy groups -OCH3 is 1. The zero-order valence-corrected chi connectivity index (χ0v) is 13.3. The first-order chi connectivity index (χ1) is 9.80. The first kappa shape index (κ1) is 15.7. The third-order valence-corrected chi connectivity index (χ3v) is 4.05. The Balaban J connectivity index is 2.21. The fraction of sp³-hybridized carbons (Fsp3) is 0.588. The summed E-state index contributed by atoms with van der Waals surface area (Å²) < 4.78 is 10.9. The van der Waals surface area contributed by atoms with Crippen LogP contribution in [0, 0.1) is 11.3 Å². The van der Waals surface area contributed by atoms with Crippen LogP contribution in [0.3, 0.4) is 0 Å². The van der Waals surface area contributed by atoms with Crippen molar-refractivity contribution < 1.29 is 14.3 Å². The molecule has 0 saturated heterocycles. The molecule has 0 aliphatic heterocycles. The van der Waals surface area contributed by atoms with Gasteiger partial charge < -0.3 is 15.2 Å². The van der Waals surface area contributed by atoms with E-state index in [2.05, 4.69) is 20.8 Å². The van der Waals surface area contributed by atoms with Crippen molar-refractivity contribution in [3.8, 4) is 5.75 Å². The Morgan fingerprint density at radius 3 is 2.67 bits per heavy atom. The van der Waals surface area contributed by atoms with E-state index in [0.29, 0.717) is 22.9 Å². The van der Waals surface area contributed by atoms with Crippen LogP contribution in [0.15, 0.2) is 18.2 Å². The average molecular weight is 291 g/mol. The van der Waals surface area contributed by atoms with Gasteiger partial charge in [0.05, 0.1) is 13.2 Å². The van der Waals surface area contributed by atoms with Crippen molar-refractivity contribution in [3.05, 3.63) is 23.8 Å². The van der Waals surface area contributed by atoms with Crippen LogP contribution in [0.4, 0.5) is 5.69 Å². The summed E-state index contributed by atoms with van der Waals surface area (Å²) in [5.41, 5.74) is 6.95. The monoisotopic (exact) mass is 291 g/mol. The third-order valence-electron chi connectivity index (χ3n) is 4.05. The molecule has 1 fully saturated rings. The highest BCUT2D eigenvalue weighted by molar-refractivity contribution is 5.93. The zero-order chi connectivity index (χ0) is 15.6. The fourth-order valence-electron chi connectivity index (χ4n) is 3.45. The second-order valence-corrected chi connectivity index (χ2v) is 6.90. The SMILES string of the molecule is COC(=O)c1cc(N)ccc1OC1CC(C)CC(C)(C)C1. The van der Waals surface area contributed by atoms with Crippen molar-refractivity contribution in [3.63, 3.8) is 0 Å². The van der Waals surface area contributed by atoms with E-state index in [-0.39, 0.29) is 11.5 Å². The highest BCUT2D eigenvalue weighted by Crippen LogP contribution is 2.40. The van der Waals surface area contributed by atoms with Gasteiger partial charge in [0.2, 0.25) is 0 Å². The molecule has 2 unspecified atom stereocenters. The number of nitrogen functional groups attached to an aromatic ring is 1. The van der Waals surface area contributed by atoms with Gasteiger partial charge in [0.1, 0.15) is 11.3 Å². The van der Waals surface area contributed by atoms with Gasteiger partial charge in [-0.2, -0.15) is 0 Å². The summed E-state index contributed by atoms with van der Waals surface area (Å²) in [4.78, 5) is 11.9. The Kier molecular flexibility index (Phi) is 4.45. The Labute approximate surface area is 126 Å². The number of hydrogen-bond donors (Lipinski definition) is 1. The number of nitrogens with two attached hydrogens (primary N) is 1. The van der Waals surface area contributed by atoms with Gasteiger partial charge >= 0.3 is 5.97 Å². The lowest BCUT2D eigenvalue weighted by atomic mass is 9.71. The van der Waals surface area contributed by atoms with Crippen molar-refractivity contribution in [2.75, 3.05) is 12.8 Å². The van der Waals surface area contributed by atoms with Crippen molar-refractivity contribution in [1.29, 1.82) is 0 Å². The summed E-state index contributed by atoms with van der Waals surface area (Å²) in [5.74, 6) is 0.764. The van der Waals surface area contributed by atoms with Crippen LogP contribution >= 0.6 is 0 Å². The maximum Gasteiger partial charge on any atom is 0.341 e. The van der Waals surface area contributed by atoms with Gasteiger partial charge in [-0.1, -0.05) is 20.8 Å². The van der Waals surface area contributed by atoms with E-state index < -0.39 is 5.97 Å². The van der Waals surface area contributed by atoms with Crippen molar-refractivity contribution in [1.82, 2.24) is 0 Å². The van der Waals surface area contributed by atoms with Crippen LogP contribution in [-0.4, -0.2) is 19.2 Å². The van der Waals surface area contributed by atoms with Crippen LogP contribution in [0.1, 0.15) is 50.4 Å². The summed E-state index contributed by atoms with van der Waals surface area (Å²) in [6.45, 7) is 6.79. The average Bonchev–Trinajstić information content (AvgIpc) is 2.37. The molecule has 0 heterocycles. The second-order valence-electron chi connectivity index (χ2n) is 6.90. The van der Waals surface area contributed by atoms with Gasteiger partial charge in [-0.05, 0) is 48.8 Å². The molecule has 0 radical (unpaired) electrons. The van der Waals surface area contributed by atoms with E-state index in [1.807, 2.05) is 0 Å². The first-order valence-electron chi connectivity index (χ1n) is 7.45. The van der Waals surface area contributed by atoms with E-state index in [9.17, 15) is 4.79 Å². The summed E-state index contributed by atoms with van der Waals surface area (Å²) in [7, 11) is 1.36. The van der Waals surface area contributed by atoms with Crippen molar-refractivity contribution in [2.45, 2.75) is 46.1 Å². The van der Waals surface area contributed by atoms with Gasteiger partial charge in [0.25, 0.3) is 0 Å². The molecular weight excluding hydrogens is 266 g/mol. The topological polar surface area (TPSA) is 61.5 Å². The minimum absolute atomic E-state index is 0.121. The minimum atomic E-state index is -0.416. The number of rotatable bonds is 3. The lowest BCUT2D eigenvalue weighted by molar-refractivity contribution is 0.0506. The van der Waals surface area contributed by atoms with Gasteiger partial charge in [-0.3, -0.25) is 0 Å². The van der Waals surface area contributed by atoms with E-state index in [4.69, 9.17) is 15.2 Å². The molecule has 21 heavy (non-hydrogen) atoms. The van der Waals surface area contributed by atoms with Gasteiger partial charge in [0.15, 0.2) is 0 Å². The molecule has 2 N–H and O–H groups in total. The molecule has 0 amide bonds. The predicted molar refractivity (Wildman–Crippen MR) is 83.4 cm³/mol. The Morgan fingerprint density at radius 1 is 1.33 bits per heavy atom. The van der Waals surface area contributed by atoms with Gasteiger partial charge in [-0.25, -0.2) is 4.79 Å². The second kappa shape index (κ2) is 5.96. The third kappa shape index (κ3) is 3.90. The Morgan fingerprint density at radius 2 is 2.05 bits per heavy atom. The summed E-state index contributed by atoms with van der Waals surface area (Å²) in [5, 5.41) is 0. The normalized spacial score (nSPS) is 24.4. The molecule has 0 bridgehead atoms. The quantitative estimate of drug-likeness (QED) is 0.682. The van der Waals surface area contributed by atoms with Crippen LogP contribution in [-0.2, 0) is 4.74 Å². The molecule has 1 aromatic carbocycles. The number of carbonyl (C=O) groups excluding carboxylic acids is 1. The molecule has 2 rings (SSSR count). The number of esters is 1. The Bertz CT molecular complexity index is 525. The van der Waals surface area contributed by atoms with Crippen LogP contribution in [0.5, 0.6) is 5.75 Å². The maximum absolute atomic E-state index is 11.9. The summed E-state index contributed by atoms with van der Waals surface area (Å²) >= 11 is 0. The molecule has 1 aliphatic carbocycles. The highest BCUT2D eigenvalue weighted by Gasteiger charge is 2.33. The predicted octanol–water partition coefficient (Wildman–Crippen LogP) is 3.65. The summed E-state index contributed by atoms with van der Waals surface area (Å²) in [6.07, 6.45) is 3.32. The van der Waals surface area contributed by atoms with Crippen molar-refractivity contribution >= 4 is 11.7 Å². The lowest BCUT2D eigenvalue weighted by Gasteiger charge is -2.39. The number of carbonyl (C=O) groups is 1. The fourth-order valence-corrected chi connectivity index (χ4v) is 3.45. The molecule has 1 aliphatic rings. The number of anilines is 1. The molecule has 1 aromatic rings. The standard InChI is InChI=1S/C17H25NO3/c1-11-7-13(10-17(2,3)9-11)21-15-6-5-12(18)8-14(15)16(19)20-4/h5-6,8,11,13H,7,9-10,18H2,1-4H3. The molecular formula is C17H25NO3.